The highest BCUT2D eigenvalue weighted by atomic mass is 32.1. The van der Waals surface area contributed by atoms with Gasteiger partial charge in [-0.1, -0.05) is 18.3 Å². The Balaban J connectivity index is 1.26. The van der Waals surface area contributed by atoms with Crippen molar-refractivity contribution in [3.05, 3.63) is 64.9 Å². The fourth-order valence-electron chi connectivity index (χ4n) is 5.45. The van der Waals surface area contributed by atoms with Crippen molar-refractivity contribution in [2.45, 2.75) is 19.4 Å². The first-order valence-corrected chi connectivity index (χ1v) is 14.9. The monoisotopic (exact) mass is 585 g/mol. The van der Waals surface area contributed by atoms with Crippen molar-refractivity contribution in [3.63, 3.8) is 0 Å². The fourth-order valence-corrected chi connectivity index (χ4v) is 6.31. The van der Waals surface area contributed by atoms with Crippen LogP contribution in [0, 0.1) is 17.1 Å². The van der Waals surface area contributed by atoms with Crippen LogP contribution < -0.4 is 9.80 Å². The molecule has 0 aliphatic carbocycles. The zero-order chi connectivity index (χ0) is 29.4. The smallest absolute Gasteiger partial charge is 0.236 e. The van der Waals surface area contributed by atoms with E-state index in [4.69, 9.17) is 9.97 Å². The normalized spacial score (nSPS) is 16.0. The number of carbonyl (C=O) groups excluding carboxylic acids is 1. The molecule has 2 aliphatic heterocycles. The van der Waals surface area contributed by atoms with Gasteiger partial charge in [-0.25, -0.2) is 9.37 Å². The summed E-state index contributed by atoms with van der Waals surface area (Å²) in [5.41, 5.74) is 5.12. The Morgan fingerprint density at radius 2 is 1.86 bits per heavy atom. The average Bonchev–Trinajstić information content (AvgIpc) is 3.43. The molecule has 2 saturated heterocycles. The second-order valence-electron chi connectivity index (χ2n) is 10.8. The molecular formula is C31H32FN7O2S. The van der Waals surface area contributed by atoms with E-state index in [2.05, 4.69) is 47.1 Å². The number of hydrogen-bond donors (Lipinski definition) is 1. The highest BCUT2D eigenvalue weighted by Gasteiger charge is 2.30. The number of likely N-dealkylation sites (tertiary alicyclic amines) is 1. The van der Waals surface area contributed by atoms with Crippen molar-refractivity contribution in [2.24, 2.45) is 0 Å². The first-order chi connectivity index (χ1) is 20.3. The SMILES string of the molecule is CCc1cc(N(C)c2nc(-c3ccc(F)cc3)c(C#N)s2)c2cc(N3CCN(CC(=O)N4CC(O)C4)CC3)ccc2n1. The summed E-state index contributed by atoms with van der Waals surface area (Å²) >= 11 is 1.31. The molecule has 1 amide bonds. The van der Waals surface area contributed by atoms with Gasteiger partial charge in [0.1, 0.15) is 22.5 Å². The van der Waals surface area contributed by atoms with E-state index in [0.717, 1.165) is 60.6 Å². The van der Waals surface area contributed by atoms with Gasteiger partial charge in [-0.15, -0.1) is 0 Å². The number of benzene rings is 2. The van der Waals surface area contributed by atoms with Crippen molar-refractivity contribution >= 4 is 44.7 Å². The maximum Gasteiger partial charge on any atom is 0.236 e. The summed E-state index contributed by atoms with van der Waals surface area (Å²) in [7, 11) is 1.95. The minimum Gasteiger partial charge on any atom is -0.389 e. The van der Waals surface area contributed by atoms with E-state index in [1.165, 1.54) is 23.5 Å². The molecule has 216 valence electrons. The predicted octanol–water partition coefficient (Wildman–Crippen LogP) is 4.02. The van der Waals surface area contributed by atoms with E-state index in [-0.39, 0.29) is 17.8 Å². The number of piperazine rings is 1. The second-order valence-corrected chi connectivity index (χ2v) is 11.7. The van der Waals surface area contributed by atoms with Gasteiger partial charge in [0.05, 0.1) is 23.9 Å². The van der Waals surface area contributed by atoms with Gasteiger partial charge in [-0.05, 0) is 55.0 Å². The van der Waals surface area contributed by atoms with Gasteiger partial charge < -0.3 is 19.8 Å². The standard InChI is InChI=1S/C31H32FN7O2S/c1-3-22-14-27(36(2)31-35-30(28(16-33)42-31)20-4-6-21(32)7-5-20)25-15-23(8-9-26(25)34-22)38-12-10-37(11-13-38)19-29(41)39-17-24(40)18-39/h4-9,14-15,24,40H,3,10-13,17-19H2,1-2H3. The minimum atomic E-state index is -0.383. The number of β-amino-alcohol motifs (C(OH)–C–C–N with tert-alkyl or cyclic N) is 1. The molecule has 0 saturated carbocycles. The second kappa shape index (κ2) is 11.6. The summed E-state index contributed by atoms with van der Waals surface area (Å²) < 4.78 is 13.5. The maximum atomic E-state index is 13.5. The number of aliphatic hydroxyl groups excluding tert-OH is 1. The van der Waals surface area contributed by atoms with Crippen LogP contribution in [0.3, 0.4) is 0 Å². The molecule has 4 heterocycles. The Bertz CT molecular complexity index is 1650. The van der Waals surface area contributed by atoms with Crippen LogP contribution in [0.25, 0.3) is 22.2 Å². The van der Waals surface area contributed by atoms with Crippen molar-refractivity contribution in [1.82, 2.24) is 19.8 Å². The fraction of sp³-hybridized carbons (Fsp3) is 0.355. The Hall–Kier alpha value is -4.11. The third-order valence-electron chi connectivity index (χ3n) is 7.98. The van der Waals surface area contributed by atoms with Crippen LogP contribution in [0.4, 0.5) is 20.9 Å². The first-order valence-electron chi connectivity index (χ1n) is 14.1. The highest BCUT2D eigenvalue weighted by molar-refractivity contribution is 7.16. The van der Waals surface area contributed by atoms with Crippen molar-refractivity contribution < 1.29 is 14.3 Å². The van der Waals surface area contributed by atoms with E-state index < -0.39 is 0 Å². The van der Waals surface area contributed by atoms with Gasteiger partial charge >= 0.3 is 0 Å². The average molecular weight is 586 g/mol. The number of carbonyl (C=O) groups is 1. The lowest BCUT2D eigenvalue weighted by Gasteiger charge is -2.39. The summed E-state index contributed by atoms with van der Waals surface area (Å²) in [5.74, 6) is -0.257. The zero-order valence-corrected chi connectivity index (χ0v) is 24.4. The van der Waals surface area contributed by atoms with Gasteiger partial charge in [0.15, 0.2) is 5.13 Å². The molecule has 42 heavy (non-hydrogen) atoms. The summed E-state index contributed by atoms with van der Waals surface area (Å²) in [6.07, 6.45) is 0.393. The topological polar surface area (TPSA) is 99.8 Å². The molecule has 2 aromatic heterocycles. The molecule has 0 unspecified atom stereocenters. The molecule has 11 heteroatoms. The molecule has 0 spiro atoms. The van der Waals surface area contributed by atoms with Gasteiger partial charge in [0.2, 0.25) is 5.91 Å². The van der Waals surface area contributed by atoms with Crippen molar-refractivity contribution in [3.8, 4) is 17.3 Å². The van der Waals surface area contributed by atoms with Crippen molar-refractivity contribution in [1.29, 1.82) is 5.26 Å². The first kappa shape index (κ1) is 28.0. The molecule has 2 aromatic carbocycles. The largest absolute Gasteiger partial charge is 0.389 e. The van der Waals surface area contributed by atoms with Gasteiger partial charge in [-0.2, -0.15) is 5.26 Å². The number of halogens is 1. The number of nitriles is 1. The molecule has 0 bridgehead atoms. The lowest BCUT2D eigenvalue weighted by Crippen LogP contribution is -2.57. The van der Waals surface area contributed by atoms with Crippen LogP contribution in [-0.2, 0) is 11.2 Å². The predicted molar refractivity (Wildman–Crippen MR) is 163 cm³/mol. The summed E-state index contributed by atoms with van der Waals surface area (Å²) in [6.45, 7) is 6.49. The highest BCUT2D eigenvalue weighted by Crippen LogP contribution is 2.38. The number of aromatic nitrogens is 2. The molecule has 4 aromatic rings. The van der Waals surface area contributed by atoms with Crippen LogP contribution in [0.15, 0.2) is 48.5 Å². The number of anilines is 3. The summed E-state index contributed by atoms with van der Waals surface area (Å²) in [4.78, 5) is 30.8. The van der Waals surface area contributed by atoms with Crippen LogP contribution >= 0.6 is 11.3 Å². The van der Waals surface area contributed by atoms with Crippen molar-refractivity contribution in [2.75, 3.05) is 62.7 Å². The molecular weight excluding hydrogens is 553 g/mol. The Morgan fingerprint density at radius 3 is 2.52 bits per heavy atom. The quantitative estimate of drug-likeness (QED) is 0.347. The summed E-state index contributed by atoms with van der Waals surface area (Å²) in [6, 6.07) is 16.7. The van der Waals surface area contributed by atoms with E-state index in [1.54, 1.807) is 17.0 Å². The van der Waals surface area contributed by atoms with E-state index >= 15 is 0 Å². The molecule has 9 nitrogen and oxygen atoms in total. The number of amides is 1. The number of thiazole rings is 1. The van der Waals surface area contributed by atoms with Gasteiger partial charge in [0, 0.05) is 68.6 Å². The van der Waals surface area contributed by atoms with Crippen LogP contribution in [0.1, 0.15) is 17.5 Å². The van der Waals surface area contributed by atoms with Crippen LogP contribution in [-0.4, -0.2) is 89.7 Å². The van der Waals surface area contributed by atoms with E-state index in [9.17, 15) is 19.6 Å². The number of aryl methyl sites for hydroxylation is 1. The molecule has 2 fully saturated rings. The third-order valence-corrected chi connectivity index (χ3v) is 9.02. The molecule has 0 radical (unpaired) electrons. The number of fused-ring (bicyclic) bond motifs is 1. The number of aliphatic hydroxyl groups is 1. The van der Waals surface area contributed by atoms with E-state index in [0.29, 0.717) is 40.9 Å². The Labute approximate surface area is 248 Å². The van der Waals surface area contributed by atoms with Crippen LogP contribution in [0.5, 0.6) is 0 Å². The lowest BCUT2D eigenvalue weighted by molar-refractivity contribution is -0.142. The molecule has 1 N–H and O–H groups in total. The lowest BCUT2D eigenvalue weighted by atomic mass is 10.1. The van der Waals surface area contributed by atoms with Gasteiger partial charge in [-0.3, -0.25) is 14.7 Å². The number of nitrogens with zero attached hydrogens (tertiary/aromatic N) is 7. The zero-order valence-electron chi connectivity index (χ0n) is 23.6. The van der Waals surface area contributed by atoms with Crippen LogP contribution in [0.2, 0.25) is 0 Å². The number of rotatable bonds is 7. The Kier molecular flexibility index (Phi) is 7.77. The Morgan fingerprint density at radius 1 is 1.12 bits per heavy atom. The third kappa shape index (κ3) is 5.53. The molecule has 6 rings (SSSR count). The maximum absolute atomic E-state index is 13.5. The van der Waals surface area contributed by atoms with Gasteiger partial charge in [0.25, 0.3) is 0 Å². The summed E-state index contributed by atoms with van der Waals surface area (Å²) in [5, 5.41) is 21.0. The molecule has 2 aliphatic rings. The minimum absolute atomic E-state index is 0.0780. The number of hydrogen-bond acceptors (Lipinski definition) is 9. The van der Waals surface area contributed by atoms with E-state index in [1.807, 2.05) is 11.9 Å². The number of pyridine rings is 1. The molecule has 0 atom stereocenters.